The van der Waals surface area contributed by atoms with E-state index in [-0.39, 0.29) is 5.41 Å². The zero-order valence-corrected chi connectivity index (χ0v) is 14.0. The molecule has 3 heterocycles. The number of ether oxygens (including phenoxy) is 2. The lowest BCUT2D eigenvalue weighted by molar-refractivity contribution is -0.139. The molecule has 1 spiro atoms. The Balaban J connectivity index is 1.37. The summed E-state index contributed by atoms with van der Waals surface area (Å²) < 4.78 is 11.6. The summed E-state index contributed by atoms with van der Waals surface area (Å²) in [5.41, 5.74) is 0.237. The molecule has 1 aromatic rings. The van der Waals surface area contributed by atoms with Crippen molar-refractivity contribution in [1.82, 2.24) is 14.9 Å². The van der Waals surface area contributed by atoms with Crippen LogP contribution in [-0.4, -0.2) is 53.7 Å². The summed E-state index contributed by atoms with van der Waals surface area (Å²) in [6.07, 6.45) is 10.3. The highest BCUT2D eigenvalue weighted by Gasteiger charge is 2.45. The number of likely N-dealkylation sites (tertiary alicyclic amines) is 1. The first-order chi connectivity index (χ1) is 11.8. The molecular weight excluding hydrogens is 306 g/mol. The second-order valence-corrected chi connectivity index (χ2v) is 7.34. The summed E-state index contributed by atoms with van der Waals surface area (Å²) in [5, 5.41) is 0. The van der Waals surface area contributed by atoms with Crippen LogP contribution < -0.4 is 4.74 Å². The fourth-order valence-corrected chi connectivity index (χ4v) is 4.07. The van der Waals surface area contributed by atoms with Gasteiger partial charge in [0.1, 0.15) is 0 Å². The molecule has 0 unspecified atom stereocenters. The van der Waals surface area contributed by atoms with Crippen LogP contribution in [0.2, 0.25) is 0 Å². The van der Waals surface area contributed by atoms with E-state index in [2.05, 4.69) is 14.9 Å². The molecule has 3 fully saturated rings. The second-order valence-electron chi connectivity index (χ2n) is 7.34. The molecule has 6 nitrogen and oxygen atoms in total. The number of nitrogens with zero attached hydrogens (tertiary/aromatic N) is 3. The van der Waals surface area contributed by atoms with Crippen LogP contribution in [-0.2, 0) is 9.53 Å². The van der Waals surface area contributed by atoms with Gasteiger partial charge in [-0.2, -0.15) is 0 Å². The highest BCUT2D eigenvalue weighted by atomic mass is 16.5. The van der Waals surface area contributed by atoms with Gasteiger partial charge in [0.2, 0.25) is 11.8 Å². The quantitative estimate of drug-likeness (QED) is 0.843. The van der Waals surface area contributed by atoms with Crippen molar-refractivity contribution in [1.29, 1.82) is 0 Å². The number of carbonyl (C=O) groups excluding carboxylic acids is 1. The van der Waals surface area contributed by atoms with Gasteiger partial charge in [-0.1, -0.05) is 0 Å². The minimum atomic E-state index is 0.237. The first-order valence-electron chi connectivity index (χ1n) is 9.02. The SMILES string of the molecule is O=C(C1CC1)N1CCC2(CCOC[C@@H]2COc2cnccn2)CC1. The minimum Gasteiger partial charge on any atom is -0.476 e. The summed E-state index contributed by atoms with van der Waals surface area (Å²) in [7, 11) is 0. The Morgan fingerprint density at radius 2 is 2.12 bits per heavy atom. The van der Waals surface area contributed by atoms with Crippen LogP contribution in [0.5, 0.6) is 5.88 Å². The van der Waals surface area contributed by atoms with Gasteiger partial charge in [-0.25, -0.2) is 4.98 Å². The van der Waals surface area contributed by atoms with E-state index in [1.54, 1.807) is 18.6 Å². The number of piperidine rings is 1. The molecule has 0 aromatic carbocycles. The normalized spacial score (nSPS) is 26.3. The van der Waals surface area contributed by atoms with Gasteiger partial charge < -0.3 is 14.4 Å². The molecule has 1 aliphatic carbocycles. The Labute approximate surface area is 142 Å². The molecule has 0 radical (unpaired) electrons. The third-order valence-corrected chi connectivity index (χ3v) is 5.90. The molecule has 1 atom stereocenters. The molecular formula is C18H25N3O3. The molecule has 24 heavy (non-hydrogen) atoms. The van der Waals surface area contributed by atoms with Crippen molar-refractivity contribution >= 4 is 5.91 Å². The number of hydrogen-bond donors (Lipinski definition) is 0. The van der Waals surface area contributed by atoms with Gasteiger partial charge in [0, 0.05) is 43.9 Å². The van der Waals surface area contributed by atoms with Gasteiger partial charge in [-0.3, -0.25) is 9.78 Å². The molecule has 4 rings (SSSR count). The van der Waals surface area contributed by atoms with Crippen LogP contribution in [0, 0.1) is 17.3 Å². The topological polar surface area (TPSA) is 64.6 Å². The van der Waals surface area contributed by atoms with Gasteiger partial charge in [0.15, 0.2) is 0 Å². The average molecular weight is 331 g/mol. The first kappa shape index (κ1) is 15.8. The summed E-state index contributed by atoms with van der Waals surface area (Å²) in [6.45, 7) is 3.93. The lowest BCUT2D eigenvalue weighted by Gasteiger charge is -2.48. The van der Waals surface area contributed by atoms with E-state index in [1.807, 2.05) is 0 Å². The third kappa shape index (κ3) is 3.24. The van der Waals surface area contributed by atoms with Crippen LogP contribution in [0.4, 0.5) is 0 Å². The van der Waals surface area contributed by atoms with Crippen molar-refractivity contribution in [2.45, 2.75) is 32.1 Å². The number of amides is 1. The summed E-state index contributed by atoms with van der Waals surface area (Å²) in [4.78, 5) is 22.6. The van der Waals surface area contributed by atoms with Crippen LogP contribution in [0.3, 0.4) is 0 Å². The third-order valence-electron chi connectivity index (χ3n) is 5.90. The highest BCUT2D eigenvalue weighted by Crippen LogP contribution is 2.45. The van der Waals surface area contributed by atoms with Crippen molar-refractivity contribution in [2.24, 2.45) is 17.3 Å². The fraction of sp³-hybridized carbons (Fsp3) is 0.722. The lowest BCUT2D eigenvalue weighted by atomic mass is 9.66. The molecule has 1 aromatic heterocycles. The Morgan fingerprint density at radius 3 is 2.83 bits per heavy atom. The standard InChI is InChI=1S/C18H25N3O3/c22-17(14-1-2-14)21-8-3-18(4-9-21)5-10-23-12-15(18)13-24-16-11-19-6-7-20-16/h6-7,11,14-15H,1-5,8-10,12-13H2/t15-/m1/s1. The van der Waals surface area contributed by atoms with E-state index >= 15 is 0 Å². The fourth-order valence-electron chi connectivity index (χ4n) is 4.07. The maximum Gasteiger partial charge on any atom is 0.232 e. The van der Waals surface area contributed by atoms with E-state index in [0.717, 1.165) is 58.4 Å². The summed E-state index contributed by atoms with van der Waals surface area (Å²) >= 11 is 0. The zero-order chi connectivity index (χ0) is 16.4. The Kier molecular flexibility index (Phi) is 4.39. The molecule has 3 aliphatic rings. The van der Waals surface area contributed by atoms with Crippen molar-refractivity contribution < 1.29 is 14.3 Å². The first-order valence-corrected chi connectivity index (χ1v) is 9.02. The number of carbonyl (C=O) groups is 1. The van der Waals surface area contributed by atoms with Gasteiger partial charge in [0.05, 0.1) is 19.4 Å². The van der Waals surface area contributed by atoms with E-state index in [0.29, 0.717) is 30.2 Å². The highest BCUT2D eigenvalue weighted by molar-refractivity contribution is 5.81. The molecule has 2 aliphatic heterocycles. The van der Waals surface area contributed by atoms with E-state index in [4.69, 9.17) is 9.47 Å². The van der Waals surface area contributed by atoms with Crippen LogP contribution in [0.25, 0.3) is 0 Å². The van der Waals surface area contributed by atoms with Crippen molar-refractivity contribution in [3.05, 3.63) is 18.6 Å². The van der Waals surface area contributed by atoms with Crippen LogP contribution >= 0.6 is 0 Å². The Bertz CT molecular complexity index is 568. The molecule has 0 N–H and O–H groups in total. The average Bonchev–Trinajstić information content (AvgIpc) is 3.47. The van der Waals surface area contributed by atoms with E-state index in [9.17, 15) is 4.79 Å². The van der Waals surface area contributed by atoms with Crippen LogP contribution in [0.15, 0.2) is 18.6 Å². The zero-order valence-electron chi connectivity index (χ0n) is 14.0. The summed E-state index contributed by atoms with van der Waals surface area (Å²) in [6, 6.07) is 0. The largest absolute Gasteiger partial charge is 0.476 e. The molecule has 1 amide bonds. The number of aromatic nitrogens is 2. The molecule has 6 heteroatoms. The maximum absolute atomic E-state index is 12.3. The monoisotopic (exact) mass is 331 g/mol. The van der Waals surface area contributed by atoms with Crippen molar-refractivity contribution in [3.63, 3.8) is 0 Å². The minimum absolute atomic E-state index is 0.237. The van der Waals surface area contributed by atoms with Crippen LogP contribution in [0.1, 0.15) is 32.1 Å². The Morgan fingerprint density at radius 1 is 1.29 bits per heavy atom. The van der Waals surface area contributed by atoms with Gasteiger partial charge in [-0.15, -0.1) is 0 Å². The molecule has 1 saturated carbocycles. The lowest BCUT2D eigenvalue weighted by Crippen LogP contribution is -2.51. The molecule has 2 saturated heterocycles. The Hall–Kier alpha value is -1.69. The predicted octanol–water partition coefficient (Wildman–Crippen LogP) is 1.91. The predicted molar refractivity (Wildman–Crippen MR) is 87.4 cm³/mol. The van der Waals surface area contributed by atoms with Crippen molar-refractivity contribution in [2.75, 3.05) is 32.9 Å². The molecule has 130 valence electrons. The number of rotatable bonds is 4. The molecule has 0 bridgehead atoms. The maximum atomic E-state index is 12.3. The van der Waals surface area contributed by atoms with Gasteiger partial charge in [0.25, 0.3) is 0 Å². The van der Waals surface area contributed by atoms with E-state index in [1.165, 1.54) is 0 Å². The number of hydrogen-bond acceptors (Lipinski definition) is 5. The summed E-state index contributed by atoms with van der Waals surface area (Å²) in [5.74, 6) is 1.62. The van der Waals surface area contributed by atoms with E-state index < -0.39 is 0 Å². The second kappa shape index (κ2) is 6.67. The van der Waals surface area contributed by atoms with Gasteiger partial charge >= 0.3 is 0 Å². The smallest absolute Gasteiger partial charge is 0.232 e. The van der Waals surface area contributed by atoms with Gasteiger partial charge in [-0.05, 0) is 37.5 Å². The van der Waals surface area contributed by atoms with Crippen molar-refractivity contribution in [3.8, 4) is 5.88 Å².